The number of carboxylic acids is 1. The molecule has 1 rings (SSSR count). The molecule has 5 nitrogen and oxygen atoms in total. The average molecular weight is 310 g/mol. The summed E-state index contributed by atoms with van der Waals surface area (Å²) < 4.78 is 0. The number of amides is 2. The van der Waals surface area contributed by atoms with Crippen LogP contribution in [0, 0.1) is 6.92 Å². The topological polar surface area (TPSA) is 78.4 Å². The largest absolute Gasteiger partial charge is 0.478 e. The number of rotatable bonds is 8. The van der Waals surface area contributed by atoms with Crippen molar-refractivity contribution in [2.75, 3.05) is 23.9 Å². The lowest BCUT2D eigenvalue weighted by molar-refractivity contribution is 0.0698. The van der Waals surface area contributed by atoms with E-state index in [9.17, 15) is 9.59 Å². The van der Waals surface area contributed by atoms with Crippen LogP contribution in [0.25, 0.3) is 0 Å². The second-order valence-electron chi connectivity index (χ2n) is 4.79. The Kier molecular flexibility index (Phi) is 7.68. The third-order valence-electron chi connectivity index (χ3n) is 2.96. The number of carbonyl (C=O) groups excluding carboxylic acids is 1. The number of urea groups is 1. The van der Waals surface area contributed by atoms with Crippen LogP contribution in [0.2, 0.25) is 0 Å². The van der Waals surface area contributed by atoms with Crippen molar-refractivity contribution in [2.24, 2.45) is 0 Å². The van der Waals surface area contributed by atoms with E-state index in [1.807, 2.05) is 18.7 Å². The molecule has 3 N–H and O–H groups in total. The number of anilines is 1. The summed E-state index contributed by atoms with van der Waals surface area (Å²) in [4.78, 5) is 22.9. The first-order valence-electron chi connectivity index (χ1n) is 6.92. The molecule has 0 saturated carbocycles. The summed E-state index contributed by atoms with van der Waals surface area (Å²) in [5.41, 5.74) is 1.25. The van der Waals surface area contributed by atoms with E-state index in [4.69, 9.17) is 5.11 Å². The molecule has 0 aliphatic carbocycles. The van der Waals surface area contributed by atoms with Gasteiger partial charge >= 0.3 is 12.0 Å². The third kappa shape index (κ3) is 6.53. The van der Waals surface area contributed by atoms with Crippen molar-refractivity contribution in [3.63, 3.8) is 0 Å². The highest BCUT2D eigenvalue weighted by atomic mass is 32.2. The summed E-state index contributed by atoms with van der Waals surface area (Å²) in [6.07, 6.45) is 5.22. The first kappa shape index (κ1) is 17.4. The van der Waals surface area contributed by atoms with Crippen molar-refractivity contribution in [1.29, 1.82) is 0 Å². The van der Waals surface area contributed by atoms with Gasteiger partial charge in [0.2, 0.25) is 0 Å². The average Bonchev–Trinajstić information content (AvgIpc) is 2.44. The molecule has 0 aromatic heterocycles. The lowest BCUT2D eigenvalue weighted by Crippen LogP contribution is -2.30. The van der Waals surface area contributed by atoms with E-state index in [2.05, 4.69) is 16.9 Å². The van der Waals surface area contributed by atoms with Crippen molar-refractivity contribution >= 4 is 29.4 Å². The van der Waals surface area contributed by atoms with Gasteiger partial charge in [0.05, 0.1) is 11.3 Å². The predicted octanol–water partition coefficient (Wildman–Crippen LogP) is 3.35. The molecule has 0 unspecified atom stereocenters. The fourth-order valence-electron chi connectivity index (χ4n) is 1.86. The molecule has 21 heavy (non-hydrogen) atoms. The van der Waals surface area contributed by atoms with Gasteiger partial charge in [0.25, 0.3) is 0 Å². The Hall–Kier alpha value is -1.69. The minimum atomic E-state index is -1.05. The Balaban J connectivity index is 2.43. The van der Waals surface area contributed by atoms with E-state index < -0.39 is 5.97 Å². The molecule has 0 saturated heterocycles. The second-order valence-corrected chi connectivity index (χ2v) is 5.77. The van der Waals surface area contributed by atoms with Gasteiger partial charge in [-0.25, -0.2) is 9.59 Å². The predicted molar refractivity (Wildman–Crippen MR) is 87.4 cm³/mol. The van der Waals surface area contributed by atoms with E-state index in [-0.39, 0.29) is 11.6 Å². The van der Waals surface area contributed by atoms with E-state index in [0.29, 0.717) is 12.2 Å². The van der Waals surface area contributed by atoms with Gasteiger partial charge < -0.3 is 15.7 Å². The van der Waals surface area contributed by atoms with Gasteiger partial charge in [-0.3, -0.25) is 0 Å². The summed E-state index contributed by atoms with van der Waals surface area (Å²) >= 11 is 1.82. The molecule has 2 amide bonds. The minimum absolute atomic E-state index is 0.102. The molecular weight excluding hydrogens is 288 g/mol. The molecule has 1 aromatic carbocycles. The van der Waals surface area contributed by atoms with Crippen LogP contribution in [0.5, 0.6) is 0 Å². The maximum atomic E-state index is 11.7. The van der Waals surface area contributed by atoms with Crippen LogP contribution >= 0.6 is 11.8 Å². The summed E-state index contributed by atoms with van der Waals surface area (Å²) in [5.74, 6) is 0.0865. The third-order valence-corrected chi connectivity index (χ3v) is 3.66. The number of hydrogen-bond acceptors (Lipinski definition) is 3. The quantitative estimate of drug-likeness (QED) is 0.643. The summed E-state index contributed by atoms with van der Waals surface area (Å²) in [7, 11) is 0. The van der Waals surface area contributed by atoms with E-state index in [1.165, 1.54) is 0 Å². The highest BCUT2D eigenvalue weighted by Crippen LogP contribution is 2.17. The molecule has 0 fully saturated rings. The van der Waals surface area contributed by atoms with Crippen LogP contribution in [0.3, 0.4) is 0 Å². The summed E-state index contributed by atoms with van der Waals surface area (Å²) in [5, 5.41) is 14.5. The second kappa shape index (κ2) is 9.28. The first-order chi connectivity index (χ1) is 10.0. The number of aryl methyl sites for hydroxylation is 1. The maximum Gasteiger partial charge on any atom is 0.337 e. The molecule has 0 aliphatic rings. The lowest BCUT2D eigenvalue weighted by Gasteiger charge is -2.10. The van der Waals surface area contributed by atoms with Gasteiger partial charge in [0.15, 0.2) is 0 Å². The number of thioether (sulfide) groups is 1. The number of unbranched alkanes of at least 4 members (excludes halogenated alkanes) is 2. The summed E-state index contributed by atoms with van der Waals surface area (Å²) in [6, 6.07) is 4.55. The van der Waals surface area contributed by atoms with Crippen LogP contribution in [-0.4, -0.2) is 35.7 Å². The number of aromatic carboxylic acids is 1. The van der Waals surface area contributed by atoms with Crippen molar-refractivity contribution < 1.29 is 14.7 Å². The van der Waals surface area contributed by atoms with Crippen LogP contribution in [0.15, 0.2) is 18.2 Å². The highest BCUT2D eigenvalue weighted by Gasteiger charge is 2.12. The van der Waals surface area contributed by atoms with E-state index in [0.717, 1.165) is 30.6 Å². The molecule has 0 bridgehead atoms. The number of benzene rings is 1. The zero-order valence-corrected chi connectivity index (χ0v) is 13.3. The smallest absolute Gasteiger partial charge is 0.337 e. The Morgan fingerprint density at radius 2 is 2.00 bits per heavy atom. The Bertz CT molecular complexity index is 492. The van der Waals surface area contributed by atoms with Crippen LogP contribution in [0.1, 0.15) is 35.2 Å². The van der Waals surface area contributed by atoms with Gasteiger partial charge in [-0.05, 0) is 43.9 Å². The number of carboxylic acid groups (broad SMARTS) is 1. The number of hydrogen-bond donors (Lipinski definition) is 3. The molecule has 0 radical (unpaired) electrons. The zero-order valence-electron chi connectivity index (χ0n) is 12.4. The van der Waals surface area contributed by atoms with Crippen molar-refractivity contribution in [3.05, 3.63) is 29.3 Å². The van der Waals surface area contributed by atoms with Gasteiger partial charge in [-0.2, -0.15) is 11.8 Å². The number of carbonyl (C=O) groups is 2. The normalized spacial score (nSPS) is 10.2. The molecule has 1 aromatic rings. The minimum Gasteiger partial charge on any atom is -0.478 e. The molecule has 0 spiro atoms. The van der Waals surface area contributed by atoms with Crippen molar-refractivity contribution in [1.82, 2.24) is 5.32 Å². The van der Waals surface area contributed by atoms with Crippen LogP contribution in [-0.2, 0) is 0 Å². The molecule has 116 valence electrons. The SMILES string of the molecule is CSCCCCCNC(=O)Nc1ccc(C)cc1C(=O)O. The molecule has 0 aliphatic heterocycles. The molecular formula is C15H22N2O3S. The summed E-state index contributed by atoms with van der Waals surface area (Å²) in [6.45, 7) is 2.40. The zero-order chi connectivity index (χ0) is 15.7. The van der Waals surface area contributed by atoms with Gasteiger partial charge in [0, 0.05) is 6.54 Å². The van der Waals surface area contributed by atoms with E-state index >= 15 is 0 Å². The standard InChI is InChI=1S/C15H22N2O3S/c1-11-6-7-13(12(10-11)14(18)19)17-15(20)16-8-4-3-5-9-21-2/h6-7,10H,3-5,8-9H2,1-2H3,(H,18,19)(H2,16,17,20). The van der Waals surface area contributed by atoms with Gasteiger partial charge in [-0.15, -0.1) is 0 Å². The van der Waals surface area contributed by atoms with Gasteiger partial charge in [0.1, 0.15) is 0 Å². The van der Waals surface area contributed by atoms with Gasteiger partial charge in [-0.1, -0.05) is 18.1 Å². The Morgan fingerprint density at radius 3 is 2.67 bits per heavy atom. The van der Waals surface area contributed by atoms with Crippen molar-refractivity contribution in [3.8, 4) is 0 Å². The van der Waals surface area contributed by atoms with Crippen LogP contribution in [0.4, 0.5) is 10.5 Å². The number of nitrogens with one attached hydrogen (secondary N) is 2. The molecule has 0 atom stereocenters. The van der Waals surface area contributed by atoms with E-state index in [1.54, 1.807) is 18.2 Å². The Labute approximate surface area is 129 Å². The van der Waals surface area contributed by atoms with Crippen molar-refractivity contribution in [2.45, 2.75) is 26.2 Å². The van der Waals surface area contributed by atoms with Crippen LogP contribution < -0.4 is 10.6 Å². The fraction of sp³-hybridized carbons (Fsp3) is 0.467. The molecule has 0 heterocycles. The Morgan fingerprint density at radius 1 is 1.24 bits per heavy atom. The highest BCUT2D eigenvalue weighted by molar-refractivity contribution is 7.98. The fourth-order valence-corrected chi connectivity index (χ4v) is 2.35. The maximum absolute atomic E-state index is 11.7. The molecule has 6 heteroatoms. The monoisotopic (exact) mass is 310 g/mol. The lowest BCUT2D eigenvalue weighted by atomic mass is 10.1. The first-order valence-corrected chi connectivity index (χ1v) is 8.31.